The molecule has 1 unspecified atom stereocenters. The van der Waals surface area contributed by atoms with Crippen LogP contribution in [0.15, 0.2) is 34.4 Å². The molecule has 2 heterocycles. The molecule has 0 fully saturated rings. The summed E-state index contributed by atoms with van der Waals surface area (Å²) in [5.74, 6) is 0.677. The Labute approximate surface area is 122 Å². The normalized spacial score (nSPS) is 13.2. The van der Waals surface area contributed by atoms with E-state index < -0.39 is 0 Å². The molecule has 0 aliphatic rings. The Bertz CT molecular complexity index is 535. The van der Waals surface area contributed by atoms with Gasteiger partial charge < -0.3 is 9.73 Å². The SMILES string of the molecule is CC(NC(C)(C)c1nccs1)C(=O)NCc1ccco1. The Morgan fingerprint density at radius 2 is 2.35 bits per heavy atom. The van der Waals surface area contributed by atoms with Gasteiger partial charge in [-0.1, -0.05) is 0 Å². The first kappa shape index (κ1) is 14.7. The van der Waals surface area contributed by atoms with Gasteiger partial charge in [0.15, 0.2) is 0 Å². The summed E-state index contributed by atoms with van der Waals surface area (Å²) in [6.45, 7) is 6.27. The summed E-state index contributed by atoms with van der Waals surface area (Å²) in [5, 5.41) is 9.03. The molecule has 20 heavy (non-hydrogen) atoms. The topological polar surface area (TPSA) is 67.2 Å². The van der Waals surface area contributed by atoms with Crippen LogP contribution in [0.2, 0.25) is 0 Å². The zero-order valence-electron chi connectivity index (χ0n) is 11.8. The average molecular weight is 293 g/mol. The lowest BCUT2D eigenvalue weighted by Crippen LogP contribution is -2.49. The number of hydrogen-bond donors (Lipinski definition) is 2. The van der Waals surface area contributed by atoms with E-state index in [1.54, 1.807) is 29.9 Å². The maximum atomic E-state index is 12.1. The summed E-state index contributed by atoms with van der Waals surface area (Å²) in [6.07, 6.45) is 3.36. The van der Waals surface area contributed by atoms with E-state index >= 15 is 0 Å². The van der Waals surface area contributed by atoms with Crippen molar-refractivity contribution in [3.8, 4) is 0 Å². The van der Waals surface area contributed by atoms with Gasteiger partial charge in [-0.05, 0) is 32.9 Å². The highest BCUT2D eigenvalue weighted by Gasteiger charge is 2.27. The van der Waals surface area contributed by atoms with Gasteiger partial charge in [0, 0.05) is 11.6 Å². The highest BCUT2D eigenvalue weighted by Crippen LogP contribution is 2.22. The molecule has 0 spiro atoms. The van der Waals surface area contributed by atoms with Crippen LogP contribution in [0.4, 0.5) is 0 Å². The van der Waals surface area contributed by atoms with Crippen molar-refractivity contribution in [2.45, 2.75) is 38.9 Å². The number of hydrogen-bond acceptors (Lipinski definition) is 5. The van der Waals surface area contributed by atoms with Crippen molar-refractivity contribution in [2.75, 3.05) is 0 Å². The number of amides is 1. The number of aromatic nitrogens is 1. The van der Waals surface area contributed by atoms with Crippen molar-refractivity contribution in [1.29, 1.82) is 0 Å². The van der Waals surface area contributed by atoms with E-state index in [9.17, 15) is 4.79 Å². The summed E-state index contributed by atoms with van der Waals surface area (Å²) in [4.78, 5) is 16.3. The van der Waals surface area contributed by atoms with Crippen LogP contribution < -0.4 is 10.6 Å². The fourth-order valence-electron chi connectivity index (χ4n) is 1.94. The van der Waals surface area contributed by atoms with Gasteiger partial charge in [0.05, 0.1) is 24.4 Å². The summed E-state index contributed by atoms with van der Waals surface area (Å²) < 4.78 is 5.18. The largest absolute Gasteiger partial charge is 0.467 e. The molecule has 6 heteroatoms. The molecule has 0 saturated heterocycles. The van der Waals surface area contributed by atoms with Gasteiger partial charge in [0.2, 0.25) is 5.91 Å². The molecule has 0 aliphatic heterocycles. The third-order valence-corrected chi connectivity index (χ3v) is 4.05. The molecular formula is C14H19N3O2S. The maximum absolute atomic E-state index is 12.1. The predicted octanol–water partition coefficient (Wildman–Crippen LogP) is 2.27. The Balaban J connectivity index is 1.87. The van der Waals surface area contributed by atoms with Crippen molar-refractivity contribution < 1.29 is 9.21 Å². The average Bonchev–Trinajstić information content (AvgIpc) is 3.08. The first-order valence-corrected chi connectivity index (χ1v) is 7.35. The van der Waals surface area contributed by atoms with Crippen LogP contribution in [-0.4, -0.2) is 16.9 Å². The number of nitrogens with one attached hydrogen (secondary N) is 2. The maximum Gasteiger partial charge on any atom is 0.237 e. The third-order valence-electron chi connectivity index (χ3n) is 2.95. The molecule has 2 aromatic rings. The van der Waals surface area contributed by atoms with E-state index in [0.29, 0.717) is 6.54 Å². The van der Waals surface area contributed by atoms with Gasteiger partial charge in [-0.25, -0.2) is 4.98 Å². The standard InChI is InChI=1S/C14H19N3O2S/c1-10(12(18)16-9-11-5-4-7-19-11)17-14(2,3)13-15-6-8-20-13/h4-8,10,17H,9H2,1-3H3,(H,16,18). The van der Waals surface area contributed by atoms with Gasteiger partial charge in [-0.3, -0.25) is 10.1 Å². The number of nitrogens with zero attached hydrogens (tertiary/aromatic N) is 1. The second kappa shape index (κ2) is 6.19. The lowest BCUT2D eigenvalue weighted by molar-refractivity contribution is -0.123. The summed E-state index contributed by atoms with van der Waals surface area (Å²) >= 11 is 1.57. The predicted molar refractivity (Wildman–Crippen MR) is 78.3 cm³/mol. The summed E-state index contributed by atoms with van der Waals surface area (Å²) in [7, 11) is 0. The lowest BCUT2D eigenvalue weighted by atomic mass is 10.1. The molecule has 2 N–H and O–H groups in total. The van der Waals surface area contributed by atoms with Crippen molar-refractivity contribution in [1.82, 2.24) is 15.6 Å². The number of thiazole rings is 1. The van der Waals surface area contributed by atoms with Crippen LogP contribution >= 0.6 is 11.3 Å². The van der Waals surface area contributed by atoms with Crippen LogP contribution in [0.3, 0.4) is 0 Å². The molecule has 108 valence electrons. The van der Waals surface area contributed by atoms with Gasteiger partial charge >= 0.3 is 0 Å². The molecule has 0 radical (unpaired) electrons. The smallest absolute Gasteiger partial charge is 0.237 e. The van der Waals surface area contributed by atoms with E-state index in [0.717, 1.165) is 10.8 Å². The van der Waals surface area contributed by atoms with E-state index in [2.05, 4.69) is 15.6 Å². The second-order valence-electron chi connectivity index (χ2n) is 5.13. The number of rotatable bonds is 6. The number of carbonyl (C=O) groups is 1. The molecule has 2 rings (SSSR count). The molecule has 0 aromatic carbocycles. The monoisotopic (exact) mass is 293 g/mol. The Morgan fingerprint density at radius 1 is 1.55 bits per heavy atom. The first-order chi connectivity index (χ1) is 9.49. The second-order valence-corrected chi connectivity index (χ2v) is 6.02. The van der Waals surface area contributed by atoms with E-state index in [1.807, 2.05) is 32.2 Å². The van der Waals surface area contributed by atoms with Gasteiger partial charge in [-0.15, -0.1) is 11.3 Å². The number of furan rings is 1. The van der Waals surface area contributed by atoms with Gasteiger partial charge in [0.1, 0.15) is 10.8 Å². The van der Waals surface area contributed by atoms with Crippen molar-refractivity contribution in [2.24, 2.45) is 0 Å². The van der Waals surface area contributed by atoms with E-state index in [4.69, 9.17) is 4.42 Å². The first-order valence-electron chi connectivity index (χ1n) is 6.47. The fourth-order valence-corrected chi connectivity index (χ4v) is 2.67. The summed E-state index contributed by atoms with van der Waals surface area (Å²) in [5.41, 5.74) is -0.338. The van der Waals surface area contributed by atoms with Crippen LogP contribution in [0.1, 0.15) is 31.5 Å². The zero-order chi connectivity index (χ0) is 14.6. The highest BCUT2D eigenvalue weighted by molar-refractivity contribution is 7.09. The van der Waals surface area contributed by atoms with Crippen molar-refractivity contribution >= 4 is 17.2 Å². The van der Waals surface area contributed by atoms with Crippen LogP contribution in [0, 0.1) is 0 Å². The number of carbonyl (C=O) groups excluding carboxylic acids is 1. The molecule has 0 aliphatic carbocycles. The van der Waals surface area contributed by atoms with Crippen molar-refractivity contribution in [3.63, 3.8) is 0 Å². The minimum atomic E-state index is -0.338. The van der Waals surface area contributed by atoms with E-state index in [1.165, 1.54) is 0 Å². The van der Waals surface area contributed by atoms with Gasteiger partial charge in [-0.2, -0.15) is 0 Å². The lowest BCUT2D eigenvalue weighted by Gasteiger charge is -2.27. The minimum absolute atomic E-state index is 0.0639. The molecular weight excluding hydrogens is 274 g/mol. The molecule has 0 saturated carbocycles. The molecule has 2 aromatic heterocycles. The Hall–Kier alpha value is -1.66. The van der Waals surface area contributed by atoms with Crippen LogP contribution in [0.25, 0.3) is 0 Å². The quantitative estimate of drug-likeness (QED) is 0.857. The minimum Gasteiger partial charge on any atom is -0.467 e. The van der Waals surface area contributed by atoms with E-state index in [-0.39, 0.29) is 17.5 Å². The molecule has 1 atom stereocenters. The Morgan fingerprint density at radius 3 is 2.95 bits per heavy atom. The fraction of sp³-hybridized carbons (Fsp3) is 0.429. The zero-order valence-corrected chi connectivity index (χ0v) is 12.7. The van der Waals surface area contributed by atoms with Crippen LogP contribution in [-0.2, 0) is 16.9 Å². The molecule has 0 bridgehead atoms. The third kappa shape index (κ3) is 3.68. The van der Waals surface area contributed by atoms with Crippen molar-refractivity contribution in [3.05, 3.63) is 40.7 Å². The Kier molecular flexibility index (Phi) is 4.57. The van der Waals surface area contributed by atoms with Gasteiger partial charge in [0.25, 0.3) is 0 Å². The van der Waals surface area contributed by atoms with Crippen LogP contribution in [0.5, 0.6) is 0 Å². The molecule has 1 amide bonds. The highest BCUT2D eigenvalue weighted by atomic mass is 32.1. The summed E-state index contributed by atoms with van der Waals surface area (Å²) in [6, 6.07) is 3.32. The molecule has 5 nitrogen and oxygen atoms in total.